The van der Waals surface area contributed by atoms with E-state index in [0.717, 1.165) is 4.47 Å². The van der Waals surface area contributed by atoms with Crippen molar-refractivity contribution in [1.29, 1.82) is 0 Å². The lowest BCUT2D eigenvalue weighted by atomic mass is 10.4. The second-order valence-corrected chi connectivity index (χ2v) is 3.85. The summed E-state index contributed by atoms with van der Waals surface area (Å²) in [5.41, 5.74) is 0. The first-order valence-corrected chi connectivity index (χ1v) is 5.29. The van der Waals surface area contributed by atoms with Crippen LogP contribution in [0.25, 0.3) is 0 Å². The normalized spacial score (nSPS) is 12.6. The van der Waals surface area contributed by atoms with Gasteiger partial charge in [-0.25, -0.2) is 4.98 Å². The third-order valence-electron chi connectivity index (χ3n) is 1.49. The van der Waals surface area contributed by atoms with Crippen molar-refractivity contribution in [1.82, 2.24) is 10.3 Å². The highest BCUT2D eigenvalue weighted by molar-refractivity contribution is 9.10. The molecule has 1 heterocycles. The van der Waals surface area contributed by atoms with Crippen LogP contribution in [0.4, 0.5) is 5.82 Å². The highest BCUT2D eigenvalue weighted by Gasteiger charge is 2.04. The van der Waals surface area contributed by atoms with Gasteiger partial charge in [0, 0.05) is 12.3 Å². The molecule has 0 saturated heterocycles. The molecule has 1 atom stereocenters. The molecular weight excluding hydrogens is 269 g/mol. The second-order valence-electron chi connectivity index (χ2n) is 2.59. The smallest absolute Gasteiger partial charge is 0.182 e. The van der Waals surface area contributed by atoms with Gasteiger partial charge in [-0.05, 0) is 22.5 Å². The standard InChI is InChI=1S/C8H11BrClN3O/c1-2-11-8(14)13-7-3-6(10)5(9)4-12-7/h3-4,8,11,14H,2H2,1H3,(H,12,13). The maximum atomic E-state index is 9.35. The Hall–Kier alpha value is -0.360. The SMILES string of the molecule is CCNC(O)Nc1cc(Cl)c(Br)cn1. The lowest BCUT2D eigenvalue weighted by Crippen LogP contribution is -2.35. The van der Waals surface area contributed by atoms with E-state index in [-0.39, 0.29) is 0 Å². The molecule has 0 aliphatic heterocycles. The topological polar surface area (TPSA) is 57.2 Å². The fourth-order valence-electron chi connectivity index (χ4n) is 0.878. The van der Waals surface area contributed by atoms with Gasteiger partial charge < -0.3 is 10.4 Å². The summed E-state index contributed by atoms with van der Waals surface area (Å²) in [7, 11) is 0. The quantitative estimate of drug-likeness (QED) is 0.736. The first kappa shape index (κ1) is 11.7. The Balaban J connectivity index is 2.63. The molecule has 6 heteroatoms. The third kappa shape index (κ3) is 3.42. The summed E-state index contributed by atoms with van der Waals surface area (Å²) < 4.78 is 0.725. The van der Waals surface area contributed by atoms with Crippen molar-refractivity contribution in [3.05, 3.63) is 21.8 Å². The summed E-state index contributed by atoms with van der Waals surface area (Å²) in [6.45, 7) is 2.56. The predicted octanol–water partition coefficient (Wildman–Crippen LogP) is 1.79. The molecule has 1 rings (SSSR count). The van der Waals surface area contributed by atoms with Crippen LogP contribution in [0, 0.1) is 0 Å². The number of nitrogens with one attached hydrogen (secondary N) is 2. The van der Waals surface area contributed by atoms with E-state index in [1.165, 1.54) is 0 Å². The van der Waals surface area contributed by atoms with Gasteiger partial charge in [-0.2, -0.15) is 0 Å². The molecule has 14 heavy (non-hydrogen) atoms. The van der Waals surface area contributed by atoms with E-state index in [4.69, 9.17) is 11.6 Å². The molecule has 0 amide bonds. The maximum Gasteiger partial charge on any atom is 0.182 e. The molecule has 0 aromatic carbocycles. The molecule has 0 aliphatic rings. The number of rotatable bonds is 4. The zero-order valence-electron chi connectivity index (χ0n) is 7.59. The molecule has 0 spiro atoms. The number of halogens is 2. The molecule has 0 fully saturated rings. The van der Waals surface area contributed by atoms with E-state index < -0.39 is 6.35 Å². The van der Waals surface area contributed by atoms with Crippen molar-refractivity contribution in [2.45, 2.75) is 13.3 Å². The average Bonchev–Trinajstić information content (AvgIpc) is 2.12. The largest absolute Gasteiger partial charge is 0.361 e. The Labute approximate surface area is 95.8 Å². The number of anilines is 1. The van der Waals surface area contributed by atoms with Crippen molar-refractivity contribution in [3.8, 4) is 0 Å². The van der Waals surface area contributed by atoms with Gasteiger partial charge in [-0.3, -0.25) is 5.32 Å². The maximum absolute atomic E-state index is 9.35. The van der Waals surface area contributed by atoms with Crippen LogP contribution in [0.2, 0.25) is 5.02 Å². The monoisotopic (exact) mass is 279 g/mol. The highest BCUT2D eigenvalue weighted by atomic mass is 79.9. The van der Waals surface area contributed by atoms with E-state index >= 15 is 0 Å². The fourth-order valence-corrected chi connectivity index (χ4v) is 1.25. The van der Waals surface area contributed by atoms with Crippen molar-refractivity contribution in [2.75, 3.05) is 11.9 Å². The van der Waals surface area contributed by atoms with Crippen LogP contribution in [-0.2, 0) is 0 Å². The molecule has 1 unspecified atom stereocenters. The summed E-state index contributed by atoms with van der Waals surface area (Å²) in [4.78, 5) is 4.02. The van der Waals surface area contributed by atoms with Crippen LogP contribution in [0.15, 0.2) is 16.7 Å². The Morgan fingerprint density at radius 3 is 3.00 bits per heavy atom. The first-order valence-electron chi connectivity index (χ1n) is 4.12. The van der Waals surface area contributed by atoms with Crippen LogP contribution >= 0.6 is 27.5 Å². The zero-order chi connectivity index (χ0) is 10.6. The Kier molecular flexibility index (Phi) is 4.60. The minimum atomic E-state index is -0.815. The van der Waals surface area contributed by atoms with Gasteiger partial charge in [0.15, 0.2) is 6.35 Å². The van der Waals surface area contributed by atoms with E-state index in [9.17, 15) is 5.11 Å². The number of aliphatic hydroxyl groups excluding tert-OH is 1. The summed E-state index contributed by atoms with van der Waals surface area (Å²) in [6.07, 6.45) is 0.758. The molecule has 78 valence electrons. The lowest BCUT2D eigenvalue weighted by molar-refractivity contribution is 0.167. The van der Waals surface area contributed by atoms with E-state index in [1.807, 2.05) is 6.92 Å². The van der Waals surface area contributed by atoms with Crippen molar-refractivity contribution in [2.24, 2.45) is 0 Å². The third-order valence-corrected chi connectivity index (χ3v) is 2.66. The molecule has 0 bridgehead atoms. The van der Waals surface area contributed by atoms with Gasteiger partial charge >= 0.3 is 0 Å². The van der Waals surface area contributed by atoms with Crippen molar-refractivity contribution >= 4 is 33.3 Å². The molecule has 4 nitrogen and oxygen atoms in total. The van der Waals surface area contributed by atoms with Crippen LogP contribution in [0.3, 0.4) is 0 Å². The van der Waals surface area contributed by atoms with Crippen molar-refractivity contribution in [3.63, 3.8) is 0 Å². The number of hydrogen-bond acceptors (Lipinski definition) is 4. The van der Waals surface area contributed by atoms with Gasteiger partial charge in [0.2, 0.25) is 0 Å². The minimum absolute atomic E-state index is 0.520. The minimum Gasteiger partial charge on any atom is -0.361 e. The Morgan fingerprint density at radius 2 is 2.43 bits per heavy atom. The van der Waals surface area contributed by atoms with Crippen LogP contribution in [-0.4, -0.2) is 23.0 Å². The fraction of sp³-hybridized carbons (Fsp3) is 0.375. The number of pyridine rings is 1. The van der Waals surface area contributed by atoms with Crippen LogP contribution in [0.1, 0.15) is 6.92 Å². The first-order chi connectivity index (χ1) is 6.63. The number of aliphatic hydroxyl groups is 1. The number of aromatic nitrogens is 1. The van der Waals surface area contributed by atoms with Crippen LogP contribution < -0.4 is 10.6 Å². The lowest BCUT2D eigenvalue weighted by Gasteiger charge is -2.13. The van der Waals surface area contributed by atoms with Gasteiger partial charge in [0.05, 0.1) is 9.50 Å². The van der Waals surface area contributed by atoms with Crippen LogP contribution in [0.5, 0.6) is 0 Å². The van der Waals surface area contributed by atoms with Crippen molar-refractivity contribution < 1.29 is 5.11 Å². The van der Waals surface area contributed by atoms with E-state index in [1.54, 1.807) is 12.3 Å². The van der Waals surface area contributed by atoms with Gasteiger partial charge in [-0.15, -0.1) is 0 Å². The molecule has 1 aromatic heterocycles. The summed E-state index contributed by atoms with van der Waals surface area (Å²) in [5, 5.41) is 15.4. The molecule has 1 aromatic rings. The molecule has 0 aliphatic carbocycles. The van der Waals surface area contributed by atoms with Gasteiger partial charge in [0.1, 0.15) is 5.82 Å². The molecule has 3 N–H and O–H groups in total. The summed E-state index contributed by atoms with van der Waals surface area (Å²) in [6, 6.07) is 1.63. The Morgan fingerprint density at radius 1 is 1.71 bits per heavy atom. The van der Waals surface area contributed by atoms with E-state index in [2.05, 4.69) is 31.5 Å². The van der Waals surface area contributed by atoms with E-state index in [0.29, 0.717) is 17.4 Å². The average molecular weight is 281 g/mol. The van der Waals surface area contributed by atoms with Gasteiger partial charge in [-0.1, -0.05) is 18.5 Å². The summed E-state index contributed by atoms with van der Waals surface area (Å²) >= 11 is 9.07. The molecule has 0 saturated carbocycles. The highest BCUT2D eigenvalue weighted by Crippen LogP contribution is 2.23. The Bertz CT molecular complexity index is 311. The number of hydrogen-bond donors (Lipinski definition) is 3. The predicted molar refractivity (Wildman–Crippen MR) is 60.3 cm³/mol. The number of nitrogens with zero attached hydrogens (tertiary/aromatic N) is 1. The van der Waals surface area contributed by atoms with Gasteiger partial charge in [0.25, 0.3) is 0 Å². The summed E-state index contributed by atoms with van der Waals surface area (Å²) in [5.74, 6) is 0.520. The second kappa shape index (κ2) is 5.50. The zero-order valence-corrected chi connectivity index (χ0v) is 9.93. The molecular formula is C8H11BrClN3O. The molecule has 0 radical (unpaired) electrons.